The fraction of sp³-hybridized carbons (Fsp3) is 0.565. The predicted octanol–water partition coefficient (Wildman–Crippen LogP) is 3.71. The number of fused-ring (bicyclic) bond motifs is 1. The Bertz CT molecular complexity index is 961. The first kappa shape index (κ1) is 19.7. The van der Waals surface area contributed by atoms with Gasteiger partial charge < -0.3 is 4.90 Å². The summed E-state index contributed by atoms with van der Waals surface area (Å²) >= 11 is 1.70. The summed E-state index contributed by atoms with van der Waals surface area (Å²) in [5.41, 5.74) is 0.480. The molecule has 3 amide bonds. The normalized spacial score (nSPS) is 24.2. The number of amides is 3. The van der Waals surface area contributed by atoms with E-state index in [4.69, 9.17) is 4.98 Å². The van der Waals surface area contributed by atoms with Crippen LogP contribution in [-0.2, 0) is 14.4 Å². The van der Waals surface area contributed by atoms with Gasteiger partial charge in [0, 0.05) is 25.4 Å². The number of thiazole rings is 1. The third kappa shape index (κ3) is 3.43. The van der Waals surface area contributed by atoms with E-state index in [1.807, 2.05) is 23.1 Å². The van der Waals surface area contributed by atoms with Crippen LogP contribution in [0.15, 0.2) is 24.3 Å². The van der Waals surface area contributed by atoms with E-state index in [1.54, 1.807) is 11.3 Å². The van der Waals surface area contributed by atoms with Gasteiger partial charge in [-0.15, -0.1) is 11.3 Å². The molecule has 6 nitrogen and oxygen atoms in total. The minimum absolute atomic E-state index is 0.105. The lowest BCUT2D eigenvalue weighted by Gasteiger charge is -2.33. The summed E-state index contributed by atoms with van der Waals surface area (Å²) in [4.78, 5) is 46.5. The molecule has 2 saturated heterocycles. The lowest BCUT2D eigenvalue weighted by atomic mass is 9.73. The molecule has 0 unspecified atom stereocenters. The maximum atomic E-state index is 13.0. The number of piperidine rings is 1. The van der Waals surface area contributed by atoms with Crippen molar-refractivity contribution in [3.05, 3.63) is 29.3 Å². The Morgan fingerprint density at radius 1 is 1.13 bits per heavy atom. The van der Waals surface area contributed by atoms with Crippen molar-refractivity contribution in [1.29, 1.82) is 0 Å². The summed E-state index contributed by atoms with van der Waals surface area (Å²) in [5.74, 6) is -0.180. The monoisotopic (exact) mass is 425 g/mol. The zero-order chi connectivity index (χ0) is 20.7. The molecular weight excluding hydrogens is 398 g/mol. The van der Waals surface area contributed by atoms with Crippen LogP contribution in [0.5, 0.6) is 0 Å². The predicted molar refractivity (Wildman–Crippen MR) is 115 cm³/mol. The molecule has 7 heteroatoms. The van der Waals surface area contributed by atoms with Crippen molar-refractivity contribution in [3.8, 4) is 0 Å². The van der Waals surface area contributed by atoms with Crippen molar-refractivity contribution in [2.24, 2.45) is 5.41 Å². The molecule has 1 spiro atoms. The Balaban J connectivity index is 1.27. The second-order valence-electron chi connectivity index (χ2n) is 9.00. The molecular formula is C23H27N3O3S. The second-order valence-corrected chi connectivity index (χ2v) is 10.1. The van der Waals surface area contributed by atoms with E-state index in [1.165, 1.54) is 9.60 Å². The van der Waals surface area contributed by atoms with Gasteiger partial charge >= 0.3 is 0 Å². The van der Waals surface area contributed by atoms with Crippen molar-refractivity contribution in [3.63, 3.8) is 0 Å². The molecule has 2 aromatic rings. The molecule has 0 bridgehead atoms. The molecule has 30 heavy (non-hydrogen) atoms. The molecule has 3 heterocycles. The maximum absolute atomic E-state index is 13.0. The zero-order valence-corrected chi connectivity index (χ0v) is 18.0. The van der Waals surface area contributed by atoms with Gasteiger partial charge in [-0.3, -0.25) is 19.3 Å². The van der Waals surface area contributed by atoms with Crippen LogP contribution in [0.4, 0.5) is 0 Å². The van der Waals surface area contributed by atoms with Gasteiger partial charge in [-0.2, -0.15) is 0 Å². The molecule has 2 aliphatic heterocycles. The highest BCUT2D eigenvalue weighted by atomic mass is 32.1. The minimum atomic E-state index is -0.527. The van der Waals surface area contributed by atoms with Crippen molar-refractivity contribution in [1.82, 2.24) is 14.8 Å². The van der Waals surface area contributed by atoms with Gasteiger partial charge in [0.2, 0.25) is 17.7 Å². The molecule has 1 aromatic heterocycles. The first-order valence-corrected chi connectivity index (χ1v) is 11.9. The standard InChI is InChI=1S/C23H27N3O3S/c27-19-13-23(10-4-1-5-11-23)22(29)26(19)15-20(28)25-12-6-7-16(14-25)21-24-17-8-2-3-9-18(17)30-21/h2-3,8-9,16H,1,4-7,10-15H2/t16-/m0/s1. The number of hydrogen-bond acceptors (Lipinski definition) is 5. The zero-order valence-electron chi connectivity index (χ0n) is 17.1. The SMILES string of the molecule is O=C(CN1C(=O)CC2(CCCCC2)C1=O)N1CCC[C@H](c2nc3ccccc3s2)C1. The van der Waals surface area contributed by atoms with Gasteiger partial charge in [-0.25, -0.2) is 4.98 Å². The smallest absolute Gasteiger partial charge is 0.242 e. The van der Waals surface area contributed by atoms with Gasteiger partial charge in [-0.1, -0.05) is 31.4 Å². The van der Waals surface area contributed by atoms with E-state index in [0.29, 0.717) is 13.1 Å². The topological polar surface area (TPSA) is 70.6 Å². The van der Waals surface area contributed by atoms with Gasteiger partial charge in [0.05, 0.1) is 20.6 Å². The van der Waals surface area contributed by atoms with Crippen molar-refractivity contribution < 1.29 is 14.4 Å². The average molecular weight is 426 g/mol. The Morgan fingerprint density at radius 3 is 2.73 bits per heavy atom. The van der Waals surface area contributed by atoms with Crippen molar-refractivity contribution in [2.75, 3.05) is 19.6 Å². The van der Waals surface area contributed by atoms with Gasteiger partial charge in [-0.05, 0) is 37.8 Å². The number of carbonyl (C=O) groups is 3. The number of rotatable bonds is 3. The second kappa shape index (κ2) is 7.76. The first-order valence-electron chi connectivity index (χ1n) is 11.0. The maximum Gasteiger partial charge on any atom is 0.242 e. The summed E-state index contributed by atoms with van der Waals surface area (Å²) in [6.45, 7) is 1.19. The number of benzene rings is 1. The van der Waals surface area contributed by atoms with Gasteiger partial charge in [0.15, 0.2) is 0 Å². The molecule has 158 valence electrons. The Hall–Kier alpha value is -2.28. The Labute approximate surface area is 180 Å². The minimum Gasteiger partial charge on any atom is -0.340 e. The summed E-state index contributed by atoms with van der Waals surface area (Å²) < 4.78 is 1.17. The lowest BCUT2D eigenvalue weighted by Crippen LogP contribution is -2.47. The fourth-order valence-corrected chi connectivity index (χ4v) is 6.44. The molecule has 1 aromatic carbocycles. The van der Waals surface area contributed by atoms with Gasteiger partial charge in [0.1, 0.15) is 6.54 Å². The summed E-state index contributed by atoms with van der Waals surface area (Å²) in [6.07, 6.45) is 6.90. The number of aromatic nitrogens is 1. The third-order valence-corrected chi connectivity index (χ3v) is 8.23. The molecule has 3 aliphatic rings. The fourth-order valence-electron chi connectivity index (χ4n) is 5.34. The summed E-state index contributed by atoms with van der Waals surface area (Å²) in [5, 5.41) is 1.07. The number of likely N-dealkylation sites (tertiary alicyclic amines) is 2. The van der Waals surface area contributed by atoms with Crippen molar-refractivity contribution >= 4 is 39.3 Å². The lowest BCUT2D eigenvalue weighted by molar-refractivity contribution is -0.148. The highest BCUT2D eigenvalue weighted by molar-refractivity contribution is 7.18. The molecule has 1 saturated carbocycles. The number of para-hydroxylation sites is 1. The average Bonchev–Trinajstić information content (AvgIpc) is 3.30. The first-order chi connectivity index (χ1) is 14.6. The molecule has 3 fully saturated rings. The van der Waals surface area contributed by atoms with Crippen LogP contribution in [-0.4, -0.2) is 52.1 Å². The third-order valence-electron chi connectivity index (χ3n) is 7.03. The largest absolute Gasteiger partial charge is 0.340 e. The highest BCUT2D eigenvalue weighted by Gasteiger charge is 2.52. The van der Waals surface area contributed by atoms with Crippen LogP contribution in [0, 0.1) is 5.41 Å². The number of hydrogen-bond donors (Lipinski definition) is 0. The van der Waals surface area contributed by atoms with E-state index in [-0.39, 0.29) is 36.6 Å². The van der Waals surface area contributed by atoms with Crippen LogP contribution in [0.2, 0.25) is 0 Å². The van der Waals surface area contributed by atoms with E-state index in [0.717, 1.165) is 55.5 Å². The van der Waals surface area contributed by atoms with E-state index < -0.39 is 5.41 Å². The quantitative estimate of drug-likeness (QED) is 0.703. The molecule has 0 radical (unpaired) electrons. The Kier molecular flexibility index (Phi) is 5.09. The van der Waals surface area contributed by atoms with E-state index in [2.05, 4.69) is 6.07 Å². The molecule has 5 rings (SSSR count). The van der Waals surface area contributed by atoms with Crippen molar-refractivity contribution in [2.45, 2.75) is 57.3 Å². The highest BCUT2D eigenvalue weighted by Crippen LogP contribution is 2.45. The van der Waals surface area contributed by atoms with Crippen LogP contribution in [0.25, 0.3) is 10.2 Å². The number of carbonyl (C=O) groups excluding carboxylic acids is 3. The van der Waals surface area contributed by atoms with Crippen LogP contribution in [0.3, 0.4) is 0 Å². The summed E-state index contributed by atoms with van der Waals surface area (Å²) in [6, 6.07) is 8.11. The number of nitrogens with zero attached hydrogens (tertiary/aromatic N) is 3. The van der Waals surface area contributed by atoms with Crippen LogP contribution >= 0.6 is 11.3 Å². The van der Waals surface area contributed by atoms with E-state index in [9.17, 15) is 14.4 Å². The summed E-state index contributed by atoms with van der Waals surface area (Å²) in [7, 11) is 0. The van der Waals surface area contributed by atoms with Gasteiger partial charge in [0.25, 0.3) is 0 Å². The Morgan fingerprint density at radius 2 is 1.93 bits per heavy atom. The molecule has 1 aliphatic carbocycles. The van der Waals surface area contributed by atoms with Crippen LogP contribution < -0.4 is 0 Å². The van der Waals surface area contributed by atoms with E-state index >= 15 is 0 Å². The molecule has 0 N–H and O–H groups in total. The van der Waals surface area contributed by atoms with Crippen LogP contribution in [0.1, 0.15) is 62.3 Å². The molecule has 1 atom stereocenters. The number of imide groups is 1.